The van der Waals surface area contributed by atoms with Crippen molar-refractivity contribution in [2.45, 2.75) is 0 Å². The largest absolute Gasteiger partial charge is 0.545 e. The third-order valence-corrected chi connectivity index (χ3v) is 3.87. The Bertz CT molecular complexity index is 838. The van der Waals surface area contributed by atoms with Crippen molar-refractivity contribution in [2.75, 3.05) is 5.43 Å². The Hall–Kier alpha value is -2.35. The first kappa shape index (κ1) is 18.0. The van der Waals surface area contributed by atoms with E-state index in [0.717, 1.165) is 0 Å². The summed E-state index contributed by atoms with van der Waals surface area (Å²) in [6.45, 7) is 0. The number of nitrogens with one attached hydrogen (secondary N) is 1. The van der Waals surface area contributed by atoms with Crippen molar-refractivity contribution in [3.05, 3.63) is 56.3 Å². The van der Waals surface area contributed by atoms with Crippen LogP contribution in [0.2, 0.25) is 15.2 Å². The Morgan fingerprint density at radius 1 is 1.04 bits per heavy atom. The molecular weight excluding hydrogens is 381 g/mol. The molecule has 0 spiro atoms. The van der Waals surface area contributed by atoms with Crippen LogP contribution in [0, 0.1) is 0 Å². The highest BCUT2D eigenvalue weighted by Gasteiger charge is 2.16. The second kappa shape index (κ2) is 7.48. The van der Waals surface area contributed by atoms with Crippen molar-refractivity contribution in [3.63, 3.8) is 0 Å². The molecule has 24 heavy (non-hydrogen) atoms. The van der Waals surface area contributed by atoms with Gasteiger partial charge in [0, 0.05) is 0 Å². The topological polar surface area (TPSA) is 118 Å². The van der Waals surface area contributed by atoms with Gasteiger partial charge >= 0.3 is 0 Å². The minimum atomic E-state index is -1.62. The van der Waals surface area contributed by atoms with Crippen molar-refractivity contribution in [2.24, 2.45) is 5.10 Å². The first-order chi connectivity index (χ1) is 11.3. The Morgan fingerprint density at radius 2 is 1.67 bits per heavy atom. The normalized spacial score (nSPS) is 10.8. The van der Waals surface area contributed by atoms with E-state index in [1.165, 1.54) is 30.5 Å². The standard InChI is InChI=1S/C14H8Cl3N3O4/c15-8-10(9(16)12(17)19-11(8)14(23)24)20-18-5-6-1-3-7(4-2-6)13(21)22/h1-5H,(H,19,20)(H,21,22)(H,23,24)/p-2/b18-5-. The van der Waals surface area contributed by atoms with Gasteiger partial charge in [0.25, 0.3) is 0 Å². The fourth-order valence-corrected chi connectivity index (χ4v) is 2.29. The highest BCUT2D eigenvalue weighted by molar-refractivity contribution is 6.46. The number of hydrogen-bond acceptors (Lipinski definition) is 7. The zero-order valence-corrected chi connectivity index (χ0v) is 13.8. The van der Waals surface area contributed by atoms with E-state index in [1.54, 1.807) is 0 Å². The maximum Gasteiger partial charge on any atom is 0.150 e. The van der Waals surface area contributed by atoms with Crippen LogP contribution >= 0.6 is 34.8 Å². The van der Waals surface area contributed by atoms with E-state index >= 15 is 0 Å². The number of carboxylic acids is 2. The van der Waals surface area contributed by atoms with E-state index < -0.39 is 17.6 Å². The highest BCUT2D eigenvalue weighted by Crippen LogP contribution is 2.36. The second-order valence-corrected chi connectivity index (χ2v) is 5.44. The summed E-state index contributed by atoms with van der Waals surface area (Å²) >= 11 is 17.5. The number of nitrogens with zero attached hydrogens (tertiary/aromatic N) is 2. The molecule has 0 unspecified atom stereocenters. The van der Waals surface area contributed by atoms with Gasteiger partial charge in [-0.2, -0.15) is 5.10 Å². The molecule has 0 atom stereocenters. The van der Waals surface area contributed by atoms with Gasteiger partial charge in [0.2, 0.25) is 0 Å². The Balaban J connectivity index is 2.25. The lowest BCUT2D eigenvalue weighted by molar-refractivity contribution is -0.256. The molecule has 0 fully saturated rings. The summed E-state index contributed by atoms with van der Waals surface area (Å²) in [5, 5.41) is 24.7. The average molecular weight is 387 g/mol. The minimum absolute atomic E-state index is 0.0192. The van der Waals surface area contributed by atoms with Crippen molar-refractivity contribution in [1.29, 1.82) is 0 Å². The summed E-state index contributed by atoms with van der Waals surface area (Å²) in [6, 6.07) is 5.67. The molecule has 0 saturated carbocycles. The van der Waals surface area contributed by atoms with Crippen molar-refractivity contribution < 1.29 is 19.8 Å². The van der Waals surface area contributed by atoms with E-state index in [1.807, 2.05) is 0 Å². The molecule has 10 heteroatoms. The van der Waals surface area contributed by atoms with Gasteiger partial charge < -0.3 is 19.8 Å². The SMILES string of the molecule is O=C([O-])c1ccc(/C=N\Nc2c(Cl)c(Cl)nc(C(=O)[O-])c2Cl)cc1. The van der Waals surface area contributed by atoms with Crippen LogP contribution in [0.4, 0.5) is 5.69 Å². The molecule has 1 heterocycles. The van der Waals surface area contributed by atoms with Gasteiger partial charge in [-0.3, -0.25) is 5.43 Å². The van der Waals surface area contributed by atoms with Crippen LogP contribution in [0.15, 0.2) is 29.4 Å². The summed E-state index contributed by atoms with van der Waals surface area (Å²) in [7, 11) is 0. The van der Waals surface area contributed by atoms with E-state index in [2.05, 4.69) is 15.5 Å². The molecule has 0 saturated heterocycles. The van der Waals surface area contributed by atoms with Gasteiger partial charge in [-0.25, -0.2) is 4.98 Å². The maximum absolute atomic E-state index is 10.9. The van der Waals surface area contributed by atoms with Crippen LogP contribution in [0.5, 0.6) is 0 Å². The Morgan fingerprint density at radius 3 is 2.21 bits per heavy atom. The number of anilines is 1. The van der Waals surface area contributed by atoms with Crippen LogP contribution in [0.25, 0.3) is 0 Å². The molecule has 0 bridgehead atoms. The summed E-state index contributed by atoms with van der Waals surface area (Å²) < 4.78 is 0. The molecule has 7 nitrogen and oxygen atoms in total. The summed E-state index contributed by atoms with van der Waals surface area (Å²) in [4.78, 5) is 25.1. The van der Waals surface area contributed by atoms with Gasteiger partial charge in [0.1, 0.15) is 10.7 Å². The number of carbonyl (C=O) groups is 2. The number of pyridine rings is 1. The quantitative estimate of drug-likeness (QED) is 0.469. The third kappa shape index (κ3) is 3.94. The number of hydrogen-bond donors (Lipinski definition) is 1. The van der Waals surface area contributed by atoms with Crippen LogP contribution in [-0.4, -0.2) is 23.1 Å². The first-order valence-corrected chi connectivity index (χ1v) is 7.31. The van der Waals surface area contributed by atoms with E-state index in [4.69, 9.17) is 34.8 Å². The number of rotatable bonds is 5. The zero-order valence-electron chi connectivity index (χ0n) is 11.5. The van der Waals surface area contributed by atoms with Crippen molar-refractivity contribution >= 4 is 58.6 Å². The Kier molecular flexibility index (Phi) is 5.61. The highest BCUT2D eigenvalue weighted by atomic mass is 35.5. The third-order valence-electron chi connectivity index (χ3n) is 2.77. The van der Waals surface area contributed by atoms with Crippen molar-refractivity contribution in [3.8, 4) is 0 Å². The number of halogens is 3. The predicted molar refractivity (Wildman–Crippen MR) is 85.6 cm³/mol. The minimum Gasteiger partial charge on any atom is -0.545 e. The molecule has 0 amide bonds. The fraction of sp³-hybridized carbons (Fsp3) is 0. The number of carboxylic acid groups (broad SMARTS) is 2. The average Bonchev–Trinajstić information content (AvgIpc) is 2.54. The smallest absolute Gasteiger partial charge is 0.150 e. The van der Waals surface area contributed by atoms with E-state index in [0.29, 0.717) is 5.56 Å². The van der Waals surface area contributed by atoms with Gasteiger partial charge in [-0.1, -0.05) is 59.1 Å². The monoisotopic (exact) mass is 385 g/mol. The number of hydrazone groups is 1. The molecule has 0 aliphatic carbocycles. The lowest BCUT2D eigenvalue weighted by Crippen LogP contribution is -2.24. The molecule has 2 rings (SSSR count). The van der Waals surface area contributed by atoms with Gasteiger partial charge in [0.15, 0.2) is 5.15 Å². The molecule has 2 aromatic rings. The summed E-state index contributed by atoms with van der Waals surface area (Å²) in [5.74, 6) is -2.92. The zero-order chi connectivity index (χ0) is 17.9. The second-order valence-electron chi connectivity index (χ2n) is 4.32. The molecule has 1 aromatic carbocycles. The molecule has 124 valence electrons. The number of aromatic carboxylic acids is 2. The lowest BCUT2D eigenvalue weighted by Gasteiger charge is -2.12. The molecule has 1 N–H and O–H groups in total. The van der Waals surface area contributed by atoms with Crippen LogP contribution in [0.1, 0.15) is 26.4 Å². The summed E-state index contributed by atoms with van der Waals surface area (Å²) in [5.41, 5.74) is 2.40. The molecule has 0 aliphatic heterocycles. The van der Waals surface area contributed by atoms with Gasteiger partial charge in [-0.15, -0.1) is 0 Å². The molecular formula is C14H6Cl3N3O4-2. The predicted octanol–water partition coefficient (Wildman–Crippen LogP) is 1.21. The lowest BCUT2D eigenvalue weighted by atomic mass is 10.1. The number of aromatic nitrogens is 1. The van der Waals surface area contributed by atoms with Crippen LogP contribution in [0.3, 0.4) is 0 Å². The first-order valence-electron chi connectivity index (χ1n) is 6.17. The molecule has 0 aliphatic rings. The van der Waals surface area contributed by atoms with Crippen molar-refractivity contribution in [1.82, 2.24) is 4.98 Å². The van der Waals surface area contributed by atoms with Crippen LogP contribution < -0.4 is 15.6 Å². The fourth-order valence-electron chi connectivity index (χ4n) is 1.62. The molecule has 0 radical (unpaired) electrons. The Labute approximate surface area is 150 Å². The maximum atomic E-state index is 10.9. The van der Waals surface area contributed by atoms with Gasteiger partial charge in [-0.05, 0) is 11.1 Å². The van der Waals surface area contributed by atoms with Crippen LogP contribution in [-0.2, 0) is 0 Å². The van der Waals surface area contributed by atoms with Gasteiger partial charge in [0.05, 0.1) is 28.9 Å². The number of benzene rings is 1. The summed E-state index contributed by atoms with van der Waals surface area (Å²) in [6.07, 6.45) is 1.33. The number of carbonyl (C=O) groups excluding carboxylic acids is 2. The van der Waals surface area contributed by atoms with E-state index in [-0.39, 0.29) is 26.4 Å². The molecule has 1 aromatic heterocycles. The van der Waals surface area contributed by atoms with E-state index in [9.17, 15) is 19.8 Å².